The van der Waals surface area contributed by atoms with Crippen molar-refractivity contribution in [2.45, 2.75) is 33.2 Å². The van der Waals surface area contributed by atoms with Crippen LogP contribution in [0.15, 0.2) is 18.2 Å². The highest BCUT2D eigenvalue weighted by molar-refractivity contribution is 6.01. The van der Waals surface area contributed by atoms with E-state index in [1.807, 2.05) is 43.9 Å². The van der Waals surface area contributed by atoms with Crippen LogP contribution in [-0.2, 0) is 14.3 Å². The first-order chi connectivity index (χ1) is 11.0. The number of hydrogen-bond acceptors (Lipinski definition) is 3. The van der Waals surface area contributed by atoms with E-state index < -0.39 is 0 Å². The van der Waals surface area contributed by atoms with Crippen molar-refractivity contribution in [3.05, 3.63) is 29.3 Å². The van der Waals surface area contributed by atoms with E-state index in [-0.39, 0.29) is 23.8 Å². The number of ether oxygens (including phenoxy) is 1. The molecule has 2 saturated heterocycles. The number of nitrogens with zero attached hydrogens (tertiary/aromatic N) is 2. The molecule has 2 atom stereocenters. The van der Waals surface area contributed by atoms with E-state index in [0.717, 1.165) is 16.8 Å². The van der Waals surface area contributed by atoms with Gasteiger partial charge in [-0.3, -0.25) is 9.59 Å². The van der Waals surface area contributed by atoms with Crippen molar-refractivity contribution in [2.75, 3.05) is 31.2 Å². The highest BCUT2D eigenvalue weighted by atomic mass is 16.5. The second-order valence-electron chi connectivity index (χ2n) is 6.58. The molecule has 0 radical (unpaired) electrons. The maximum Gasteiger partial charge on any atom is 0.228 e. The third-order valence-electron chi connectivity index (χ3n) is 4.99. The zero-order valence-electron chi connectivity index (χ0n) is 14.0. The number of anilines is 1. The van der Waals surface area contributed by atoms with E-state index in [1.54, 1.807) is 4.90 Å². The molecule has 2 heterocycles. The van der Waals surface area contributed by atoms with Crippen molar-refractivity contribution in [1.82, 2.24) is 4.90 Å². The Morgan fingerprint density at radius 3 is 2.83 bits per heavy atom. The average molecular weight is 316 g/mol. The van der Waals surface area contributed by atoms with Crippen LogP contribution in [0.5, 0.6) is 0 Å². The molecule has 0 unspecified atom stereocenters. The molecule has 0 saturated carbocycles. The standard InChI is InChI=1S/C18H24N2O3/c1-12-5-4-6-16(14(12)3)20-10-15(9-17(20)21)18(22)19-7-8-23-11-13(19)2/h4-6,13,15H,7-11H2,1-3H3/t13-,15+/m1/s1. The molecule has 0 aromatic heterocycles. The van der Waals surface area contributed by atoms with Gasteiger partial charge < -0.3 is 14.5 Å². The van der Waals surface area contributed by atoms with Crippen molar-refractivity contribution in [3.63, 3.8) is 0 Å². The number of carbonyl (C=O) groups excluding carboxylic acids is 2. The van der Waals surface area contributed by atoms with E-state index >= 15 is 0 Å². The van der Waals surface area contributed by atoms with Gasteiger partial charge in [-0.15, -0.1) is 0 Å². The van der Waals surface area contributed by atoms with Gasteiger partial charge in [0.2, 0.25) is 11.8 Å². The summed E-state index contributed by atoms with van der Waals surface area (Å²) in [5.74, 6) is -0.122. The lowest BCUT2D eigenvalue weighted by atomic mass is 10.1. The summed E-state index contributed by atoms with van der Waals surface area (Å²) >= 11 is 0. The van der Waals surface area contributed by atoms with Crippen molar-refractivity contribution < 1.29 is 14.3 Å². The lowest BCUT2D eigenvalue weighted by Gasteiger charge is -2.35. The van der Waals surface area contributed by atoms with E-state index in [9.17, 15) is 9.59 Å². The molecular weight excluding hydrogens is 292 g/mol. The van der Waals surface area contributed by atoms with Crippen LogP contribution < -0.4 is 4.90 Å². The van der Waals surface area contributed by atoms with Gasteiger partial charge in [-0.1, -0.05) is 12.1 Å². The van der Waals surface area contributed by atoms with Gasteiger partial charge in [0, 0.05) is 25.2 Å². The van der Waals surface area contributed by atoms with Gasteiger partial charge in [0.1, 0.15) is 0 Å². The van der Waals surface area contributed by atoms with Crippen LogP contribution in [0.1, 0.15) is 24.5 Å². The predicted molar refractivity (Wildman–Crippen MR) is 88.4 cm³/mol. The molecule has 0 spiro atoms. The van der Waals surface area contributed by atoms with Gasteiger partial charge >= 0.3 is 0 Å². The Kier molecular flexibility index (Phi) is 4.39. The van der Waals surface area contributed by atoms with Gasteiger partial charge in [0.15, 0.2) is 0 Å². The summed E-state index contributed by atoms with van der Waals surface area (Å²) in [5.41, 5.74) is 3.20. The van der Waals surface area contributed by atoms with Gasteiger partial charge in [0.25, 0.3) is 0 Å². The Morgan fingerprint density at radius 1 is 1.30 bits per heavy atom. The normalized spacial score (nSPS) is 25.1. The number of amides is 2. The van der Waals surface area contributed by atoms with Crippen LogP contribution >= 0.6 is 0 Å². The second kappa shape index (κ2) is 6.32. The molecule has 3 rings (SSSR count). The summed E-state index contributed by atoms with van der Waals surface area (Å²) in [6.07, 6.45) is 0.302. The van der Waals surface area contributed by atoms with Gasteiger partial charge in [0.05, 0.1) is 25.2 Å². The van der Waals surface area contributed by atoms with Crippen molar-refractivity contribution in [2.24, 2.45) is 5.92 Å². The lowest BCUT2D eigenvalue weighted by molar-refractivity contribution is -0.143. The number of carbonyl (C=O) groups is 2. The zero-order chi connectivity index (χ0) is 16.6. The molecule has 2 fully saturated rings. The molecule has 5 nitrogen and oxygen atoms in total. The van der Waals surface area contributed by atoms with Crippen LogP contribution in [0.25, 0.3) is 0 Å². The summed E-state index contributed by atoms with van der Waals surface area (Å²) in [5, 5.41) is 0. The fourth-order valence-electron chi connectivity index (χ4n) is 3.42. The first-order valence-electron chi connectivity index (χ1n) is 8.24. The fraction of sp³-hybridized carbons (Fsp3) is 0.556. The highest BCUT2D eigenvalue weighted by Crippen LogP contribution is 2.30. The molecule has 124 valence electrons. The number of rotatable bonds is 2. The number of aryl methyl sites for hydroxylation is 1. The summed E-state index contributed by atoms with van der Waals surface area (Å²) in [6.45, 7) is 8.32. The Bertz CT molecular complexity index is 629. The maximum atomic E-state index is 12.8. The van der Waals surface area contributed by atoms with Crippen LogP contribution in [0.3, 0.4) is 0 Å². The van der Waals surface area contributed by atoms with Crippen molar-refractivity contribution >= 4 is 17.5 Å². The second-order valence-corrected chi connectivity index (χ2v) is 6.58. The first-order valence-corrected chi connectivity index (χ1v) is 8.24. The highest BCUT2D eigenvalue weighted by Gasteiger charge is 2.39. The fourth-order valence-corrected chi connectivity index (χ4v) is 3.42. The molecule has 2 amide bonds. The quantitative estimate of drug-likeness (QED) is 0.837. The Morgan fingerprint density at radius 2 is 2.09 bits per heavy atom. The Hall–Kier alpha value is -1.88. The molecule has 2 aliphatic rings. The van der Waals surface area contributed by atoms with Crippen LogP contribution in [-0.4, -0.2) is 49.1 Å². The Balaban J connectivity index is 1.77. The molecule has 1 aromatic carbocycles. The number of morpholine rings is 1. The van der Waals surface area contributed by atoms with E-state index in [0.29, 0.717) is 32.7 Å². The minimum absolute atomic E-state index is 0.0398. The van der Waals surface area contributed by atoms with Gasteiger partial charge in [-0.05, 0) is 38.0 Å². The first kappa shape index (κ1) is 16.0. The maximum absolute atomic E-state index is 12.8. The third-order valence-corrected chi connectivity index (χ3v) is 4.99. The molecule has 23 heavy (non-hydrogen) atoms. The molecule has 0 N–H and O–H groups in total. The van der Waals surface area contributed by atoms with E-state index in [2.05, 4.69) is 0 Å². The third kappa shape index (κ3) is 2.98. The zero-order valence-corrected chi connectivity index (χ0v) is 14.0. The minimum atomic E-state index is -0.247. The van der Waals surface area contributed by atoms with Crippen LogP contribution in [0.4, 0.5) is 5.69 Å². The molecule has 0 aliphatic carbocycles. The lowest BCUT2D eigenvalue weighted by Crippen LogP contribution is -2.49. The summed E-state index contributed by atoms with van der Waals surface area (Å²) in [4.78, 5) is 28.9. The summed E-state index contributed by atoms with van der Waals surface area (Å²) < 4.78 is 5.39. The molecular formula is C18H24N2O3. The van der Waals surface area contributed by atoms with Crippen molar-refractivity contribution in [3.8, 4) is 0 Å². The van der Waals surface area contributed by atoms with E-state index in [4.69, 9.17) is 4.74 Å². The minimum Gasteiger partial charge on any atom is -0.377 e. The SMILES string of the molecule is Cc1cccc(N2C[C@@H](C(=O)N3CCOC[C@H]3C)CC2=O)c1C. The predicted octanol–water partition coefficient (Wildman–Crippen LogP) is 1.90. The largest absolute Gasteiger partial charge is 0.377 e. The van der Waals surface area contributed by atoms with Crippen molar-refractivity contribution in [1.29, 1.82) is 0 Å². The van der Waals surface area contributed by atoms with Gasteiger partial charge in [-0.2, -0.15) is 0 Å². The topological polar surface area (TPSA) is 49.9 Å². The summed E-state index contributed by atoms with van der Waals surface area (Å²) in [7, 11) is 0. The molecule has 1 aromatic rings. The molecule has 0 bridgehead atoms. The average Bonchev–Trinajstić information content (AvgIpc) is 2.92. The van der Waals surface area contributed by atoms with E-state index in [1.165, 1.54) is 0 Å². The molecule has 5 heteroatoms. The summed E-state index contributed by atoms with van der Waals surface area (Å²) in [6, 6.07) is 6.05. The smallest absolute Gasteiger partial charge is 0.228 e. The molecule has 2 aliphatic heterocycles. The van der Waals surface area contributed by atoms with Crippen LogP contribution in [0.2, 0.25) is 0 Å². The number of hydrogen-bond donors (Lipinski definition) is 0. The van der Waals surface area contributed by atoms with Gasteiger partial charge in [-0.25, -0.2) is 0 Å². The monoisotopic (exact) mass is 316 g/mol. The number of benzene rings is 1. The van der Waals surface area contributed by atoms with Crippen LogP contribution in [0, 0.1) is 19.8 Å². The Labute approximate surface area is 137 Å².